The van der Waals surface area contributed by atoms with Gasteiger partial charge in [0.05, 0.1) is 11.9 Å². The highest BCUT2D eigenvalue weighted by atomic mass is 31.2. The Hall–Kier alpha value is -1.31. The van der Waals surface area contributed by atoms with Crippen LogP contribution in [-0.2, 0) is 13.6 Å². The Labute approximate surface area is 146 Å². The summed E-state index contributed by atoms with van der Waals surface area (Å²) >= 11 is 0. The van der Waals surface area contributed by atoms with Gasteiger partial charge in [-0.25, -0.2) is 4.57 Å². The molecule has 0 radical (unpaired) electrons. The summed E-state index contributed by atoms with van der Waals surface area (Å²) in [6, 6.07) is 9.80. The van der Waals surface area contributed by atoms with Crippen molar-refractivity contribution in [3.8, 4) is 0 Å². The number of rotatable bonds is 9. The topological polar surface area (TPSA) is 35.5 Å². The first-order chi connectivity index (χ1) is 11.6. The highest BCUT2D eigenvalue weighted by Gasteiger charge is 2.37. The standard InChI is InChI=1S/C20H29O3P/c1-4-7-12-18-16-20(17-13-10-9-11-14-17)24(21,22-6-3)23-19(18)15-8-5-2/h9-11,13-14,16H,4-8,12,15H2,1-3H3. The summed E-state index contributed by atoms with van der Waals surface area (Å²) in [7, 11) is -3.31. The van der Waals surface area contributed by atoms with E-state index in [1.807, 2.05) is 37.3 Å². The van der Waals surface area contributed by atoms with Gasteiger partial charge in [-0.05, 0) is 43.4 Å². The number of allylic oxidation sites excluding steroid dienone is 3. The molecule has 0 spiro atoms. The summed E-state index contributed by atoms with van der Waals surface area (Å²) in [4.78, 5) is 0. The SMILES string of the molecule is CCCCC1=C(CCCC)OP(=O)(OCC)C(c2ccccc2)=C1. The molecule has 1 atom stereocenters. The minimum atomic E-state index is -3.31. The Morgan fingerprint density at radius 2 is 1.67 bits per heavy atom. The molecule has 3 nitrogen and oxygen atoms in total. The molecule has 24 heavy (non-hydrogen) atoms. The molecule has 4 heteroatoms. The molecule has 1 aliphatic heterocycles. The van der Waals surface area contributed by atoms with Crippen LogP contribution in [0.5, 0.6) is 0 Å². The second-order valence-electron chi connectivity index (χ2n) is 6.06. The van der Waals surface area contributed by atoms with E-state index >= 15 is 0 Å². The van der Waals surface area contributed by atoms with Crippen LogP contribution < -0.4 is 0 Å². The molecule has 1 unspecified atom stereocenters. The number of unbranched alkanes of at least 4 members (excludes halogenated alkanes) is 2. The summed E-state index contributed by atoms with van der Waals surface area (Å²) in [5.41, 5.74) is 2.09. The predicted octanol–water partition coefficient (Wildman–Crippen LogP) is 6.92. The molecule has 1 heterocycles. The molecule has 0 N–H and O–H groups in total. The third-order valence-electron chi connectivity index (χ3n) is 4.12. The second kappa shape index (κ2) is 9.25. The fourth-order valence-electron chi connectivity index (χ4n) is 2.82. The first-order valence-electron chi connectivity index (χ1n) is 9.08. The zero-order valence-electron chi connectivity index (χ0n) is 15.1. The zero-order chi connectivity index (χ0) is 17.4. The molecule has 0 amide bonds. The van der Waals surface area contributed by atoms with E-state index in [2.05, 4.69) is 19.9 Å². The number of hydrogen-bond acceptors (Lipinski definition) is 3. The molecule has 1 aliphatic rings. The zero-order valence-corrected chi connectivity index (χ0v) is 16.0. The Balaban J connectivity index is 2.46. The van der Waals surface area contributed by atoms with Crippen LogP contribution in [0.2, 0.25) is 0 Å². The van der Waals surface area contributed by atoms with Gasteiger partial charge in [0.2, 0.25) is 0 Å². The van der Waals surface area contributed by atoms with Crippen LogP contribution in [0, 0.1) is 0 Å². The van der Waals surface area contributed by atoms with Gasteiger partial charge in [0.15, 0.2) is 0 Å². The third-order valence-corrected chi connectivity index (χ3v) is 6.16. The fourth-order valence-corrected chi connectivity index (χ4v) is 4.72. The monoisotopic (exact) mass is 348 g/mol. The second-order valence-corrected chi connectivity index (χ2v) is 7.98. The molecule has 0 saturated carbocycles. The summed E-state index contributed by atoms with van der Waals surface area (Å²) in [6.45, 7) is 6.56. The van der Waals surface area contributed by atoms with Crippen molar-refractivity contribution in [3.05, 3.63) is 53.3 Å². The van der Waals surface area contributed by atoms with E-state index in [-0.39, 0.29) is 0 Å². The fraction of sp³-hybridized carbons (Fsp3) is 0.500. The summed E-state index contributed by atoms with van der Waals surface area (Å²) < 4.78 is 25.1. The van der Waals surface area contributed by atoms with Crippen molar-refractivity contribution in [1.29, 1.82) is 0 Å². The molecule has 0 aromatic heterocycles. The molecule has 0 fully saturated rings. The average molecular weight is 348 g/mol. The van der Waals surface area contributed by atoms with E-state index in [9.17, 15) is 4.57 Å². The van der Waals surface area contributed by atoms with E-state index in [1.54, 1.807) is 0 Å². The Bertz CT molecular complexity index is 632. The Morgan fingerprint density at radius 3 is 2.29 bits per heavy atom. The van der Waals surface area contributed by atoms with Crippen molar-refractivity contribution in [3.63, 3.8) is 0 Å². The van der Waals surface area contributed by atoms with Gasteiger partial charge in [0, 0.05) is 6.42 Å². The van der Waals surface area contributed by atoms with E-state index in [0.717, 1.165) is 49.8 Å². The lowest BCUT2D eigenvalue weighted by Crippen LogP contribution is -2.07. The summed E-state index contributed by atoms with van der Waals surface area (Å²) in [5.74, 6) is 0.863. The van der Waals surface area contributed by atoms with Gasteiger partial charge >= 0.3 is 7.60 Å². The van der Waals surface area contributed by atoms with Crippen LogP contribution >= 0.6 is 7.60 Å². The third kappa shape index (κ3) is 4.62. The number of hydrogen-bond donors (Lipinski definition) is 0. The highest BCUT2D eigenvalue weighted by molar-refractivity contribution is 7.65. The molecular formula is C20H29O3P. The van der Waals surface area contributed by atoms with Crippen LogP contribution in [0.3, 0.4) is 0 Å². The molecule has 132 valence electrons. The van der Waals surface area contributed by atoms with Gasteiger partial charge in [-0.15, -0.1) is 0 Å². The largest absolute Gasteiger partial charge is 0.425 e. The molecule has 0 bridgehead atoms. The minimum absolute atomic E-state index is 0.368. The van der Waals surface area contributed by atoms with Crippen molar-refractivity contribution >= 4 is 12.9 Å². The smallest absolute Gasteiger partial charge is 0.411 e. The highest BCUT2D eigenvalue weighted by Crippen LogP contribution is 2.64. The van der Waals surface area contributed by atoms with Gasteiger partial charge in [0.25, 0.3) is 0 Å². The minimum Gasteiger partial charge on any atom is -0.425 e. The first kappa shape index (κ1) is 19.0. The molecule has 1 aromatic carbocycles. The Morgan fingerprint density at radius 1 is 1.00 bits per heavy atom. The van der Waals surface area contributed by atoms with E-state index in [1.165, 1.54) is 5.57 Å². The predicted molar refractivity (Wildman–Crippen MR) is 101 cm³/mol. The van der Waals surface area contributed by atoms with Gasteiger partial charge in [-0.3, -0.25) is 4.52 Å². The van der Waals surface area contributed by atoms with Crippen molar-refractivity contribution in [1.82, 2.24) is 0 Å². The molecule has 1 aromatic rings. The first-order valence-corrected chi connectivity index (χ1v) is 10.6. The van der Waals surface area contributed by atoms with Crippen molar-refractivity contribution in [2.75, 3.05) is 6.61 Å². The molecule has 0 saturated heterocycles. The van der Waals surface area contributed by atoms with Gasteiger partial charge < -0.3 is 4.52 Å². The van der Waals surface area contributed by atoms with Gasteiger partial charge in [0.1, 0.15) is 5.76 Å². The van der Waals surface area contributed by atoms with Crippen molar-refractivity contribution in [2.24, 2.45) is 0 Å². The molecule has 2 rings (SSSR count). The van der Waals surface area contributed by atoms with E-state index in [0.29, 0.717) is 11.9 Å². The van der Waals surface area contributed by atoms with Crippen LogP contribution in [0.15, 0.2) is 47.7 Å². The quantitative estimate of drug-likeness (QED) is 0.454. The Kier molecular flexibility index (Phi) is 7.33. The van der Waals surface area contributed by atoms with Crippen LogP contribution in [0.25, 0.3) is 5.31 Å². The van der Waals surface area contributed by atoms with Crippen LogP contribution in [-0.4, -0.2) is 6.61 Å². The summed E-state index contributed by atoms with van der Waals surface area (Å²) in [5, 5.41) is 0.691. The van der Waals surface area contributed by atoms with E-state index < -0.39 is 7.60 Å². The summed E-state index contributed by atoms with van der Waals surface area (Å²) in [6.07, 6.45) is 8.20. The van der Waals surface area contributed by atoms with Gasteiger partial charge in [-0.2, -0.15) is 0 Å². The normalized spacial score (nSPS) is 20.7. The average Bonchev–Trinajstić information content (AvgIpc) is 2.59. The molecule has 0 aliphatic carbocycles. The van der Waals surface area contributed by atoms with Crippen LogP contribution in [0.4, 0.5) is 0 Å². The van der Waals surface area contributed by atoms with Crippen molar-refractivity contribution in [2.45, 2.75) is 59.3 Å². The number of benzene rings is 1. The van der Waals surface area contributed by atoms with Gasteiger partial charge in [-0.1, -0.05) is 57.0 Å². The maximum Gasteiger partial charge on any atom is 0.411 e. The lowest BCUT2D eigenvalue weighted by Gasteiger charge is -2.28. The lowest BCUT2D eigenvalue weighted by molar-refractivity contribution is 0.251. The van der Waals surface area contributed by atoms with Crippen molar-refractivity contribution < 1.29 is 13.6 Å². The maximum absolute atomic E-state index is 13.4. The lowest BCUT2D eigenvalue weighted by atomic mass is 10.0. The molecular weight excluding hydrogens is 319 g/mol. The van der Waals surface area contributed by atoms with E-state index in [4.69, 9.17) is 9.05 Å². The van der Waals surface area contributed by atoms with Crippen LogP contribution in [0.1, 0.15) is 64.9 Å². The maximum atomic E-state index is 13.4.